The van der Waals surface area contributed by atoms with Crippen LogP contribution in [0.5, 0.6) is 0 Å². The molecule has 0 bridgehead atoms. The number of hydrogen-bond donors (Lipinski definition) is 1. The number of anilines is 2. The third kappa shape index (κ3) is 3.77. The Morgan fingerprint density at radius 3 is 2.43 bits per heavy atom. The summed E-state index contributed by atoms with van der Waals surface area (Å²) in [4.78, 5) is 2.22. The van der Waals surface area contributed by atoms with Crippen LogP contribution >= 0.6 is 15.9 Å². The number of halogens is 1. The maximum atomic E-state index is 9.36. The van der Waals surface area contributed by atoms with E-state index in [0.717, 1.165) is 22.4 Å². The molecule has 0 atom stereocenters. The van der Waals surface area contributed by atoms with Crippen molar-refractivity contribution >= 4 is 27.3 Å². The number of nitrogen functional groups attached to an aromatic ring is 1. The molecule has 0 amide bonds. The summed E-state index contributed by atoms with van der Waals surface area (Å²) in [5.41, 5.74) is 9.29. The number of hydrogen-bond acceptors (Lipinski definition) is 3. The van der Waals surface area contributed by atoms with Crippen LogP contribution in [0.3, 0.4) is 0 Å². The Kier molecular flexibility index (Phi) is 4.87. The van der Waals surface area contributed by atoms with Gasteiger partial charge in [0.15, 0.2) is 0 Å². The second-order valence-electron chi connectivity index (χ2n) is 5.24. The van der Waals surface area contributed by atoms with Gasteiger partial charge in [-0.1, -0.05) is 28.1 Å². The van der Waals surface area contributed by atoms with Gasteiger partial charge in [-0.05, 0) is 49.7 Å². The largest absolute Gasteiger partial charge is 0.399 e. The van der Waals surface area contributed by atoms with Crippen molar-refractivity contribution < 1.29 is 0 Å². The molecule has 0 aliphatic heterocycles. The Morgan fingerprint density at radius 2 is 1.86 bits per heavy atom. The summed E-state index contributed by atoms with van der Waals surface area (Å²) in [6.45, 7) is 5.00. The minimum absolute atomic E-state index is 0.288. The molecule has 0 spiro atoms. The molecule has 0 radical (unpaired) electrons. The van der Waals surface area contributed by atoms with Gasteiger partial charge in [0.05, 0.1) is 11.3 Å². The molecule has 0 fully saturated rings. The highest BCUT2D eigenvalue weighted by molar-refractivity contribution is 9.10. The second kappa shape index (κ2) is 6.64. The smallest absolute Gasteiger partial charge is 0.101 e. The van der Waals surface area contributed by atoms with Crippen LogP contribution in [0, 0.1) is 11.3 Å². The first-order valence-corrected chi connectivity index (χ1v) is 7.61. The van der Waals surface area contributed by atoms with Crippen molar-refractivity contribution in [2.24, 2.45) is 0 Å². The van der Waals surface area contributed by atoms with Crippen LogP contribution in [0.15, 0.2) is 46.9 Å². The molecule has 0 unspecified atom stereocenters. The van der Waals surface area contributed by atoms with Crippen molar-refractivity contribution in [3.05, 3.63) is 58.1 Å². The first kappa shape index (κ1) is 15.4. The molecule has 0 saturated heterocycles. The van der Waals surface area contributed by atoms with Crippen LogP contribution in [0.25, 0.3) is 0 Å². The standard InChI is InChI=1S/C17H18BrN3/c1-12(2)21(11-13-3-6-16(20)7-4-13)17-8-5-15(18)9-14(17)10-19/h3-9,12H,11,20H2,1-2H3. The van der Waals surface area contributed by atoms with Crippen molar-refractivity contribution in [1.82, 2.24) is 0 Å². The summed E-state index contributed by atoms with van der Waals surface area (Å²) in [5, 5.41) is 9.36. The van der Waals surface area contributed by atoms with Gasteiger partial charge in [-0.3, -0.25) is 0 Å². The molecule has 21 heavy (non-hydrogen) atoms. The normalized spacial score (nSPS) is 10.4. The molecule has 108 valence electrons. The molecule has 3 nitrogen and oxygen atoms in total. The van der Waals surface area contributed by atoms with E-state index in [4.69, 9.17) is 5.73 Å². The SMILES string of the molecule is CC(C)N(Cc1ccc(N)cc1)c1ccc(Br)cc1C#N. The second-order valence-corrected chi connectivity index (χ2v) is 6.15. The van der Waals surface area contributed by atoms with Gasteiger partial charge in [0.1, 0.15) is 6.07 Å². The Labute approximate surface area is 134 Å². The maximum Gasteiger partial charge on any atom is 0.101 e. The molecule has 0 aliphatic carbocycles. The molecule has 0 heterocycles. The molecular formula is C17H18BrN3. The third-order valence-electron chi connectivity index (χ3n) is 3.34. The zero-order valence-electron chi connectivity index (χ0n) is 12.2. The van der Waals surface area contributed by atoms with Gasteiger partial charge in [0.2, 0.25) is 0 Å². The van der Waals surface area contributed by atoms with Gasteiger partial charge in [0, 0.05) is 22.7 Å². The van der Waals surface area contributed by atoms with Crippen LogP contribution in [-0.4, -0.2) is 6.04 Å². The van der Waals surface area contributed by atoms with Crippen LogP contribution in [-0.2, 0) is 6.54 Å². The highest BCUT2D eigenvalue weighted by Crippen LogP contribution is 2.27. The lowest BCUT2D eigenvalue weighted by molar-refractivity contribution is 0.682. The van der Waals surface area contributed by atoms with Crippen molar-refractivity contribution in [2.45, 2.75) is 26.4 Å². The van der Waals surface area contributed by atoms with E-state index in [-0.39, 0.29) is 6.04 Å². The molecule has 0 aromatic heterocycles. The third-order valence-corrected chi connectivity index (χ3v) is 3.84. The van der Waals surface area contributed by atoms with E-state index >= 15 is 0 Å². The Bertz CT molecular complexity index is 657. The first-order valence-electron chi connectivity index (χ1n) is 6.82. The van der Waals surface area contributed by atoms with Crippen molar-refractivity contribution in [1.29, 1.82) is 5.26 Å². The van der Waals surface area contributed by atoms with Crippen molar-refractivity contribution in [3.8, 4) is 6.07 Å². The topological polar surface area (TPSA) is 53.0 Å². The molecule has 2 rings (SSSR count). The Hall–Kier alpha value is -1.99. The van der Waals surface area contributed by atoms with Crippen molar-refractivity contribution in [3.63, 3.8) is 0 Å². The van der Waals surface area contributed by atoms with E-state index in [9.17, 15) is 5.26 Å². The quantitative estimate of drug-likeness (QED) is 0.841. The Balaban J connectivity index is 2.36. The lowest BCUT2D eigenvalue weighted by atomic mass is 10.1. The fourth-order valence-corrected chi connectivity index (χ4v) is 2.58. The molecule has 2 N–H and O–H groups in total. The van der Waals surface area contributed by atoms with Crippen LogP contribution < -0.4 is 10.6 Å². The predicted octanol–water partition coefficient (Wildman–Crippen LogP) is 4.32. The van der Waals surface area contributed by atoms with Gasteiger partial charge < -0.3 is 10.6 Å². The molecule has 0 aliphatic rings. The highest BCUT2D eigenvalue weighted by Gasteiger charge is 2.15. The summed E-state index contributed by atoms with van der Waals surface area (Å²) in [6.07, 6.45) is 0. The highest BCUT2D eigenvalue weighted by atomic mass is 79.9. The van der Waals surface area contributed by atoms with E-state index in [2.05, 4.69) is 40.7 Å². The summed E-state index contributed by atoms with van der Waals surface area (Å²) >= 11 is 3.41. The van der Waals surface area contributed by atoms with Crippen LogP contribution in [0.4, 0.5) is 11.4 Å². The molecule has 0 saturated carbocycles. The lowest BCUT2D eigenvalue weighted by Gasteiger charge is -2.30. The molecule has 4 heteroatoms. The summed E-state index contributed by atoms with van der Waals surface area (Å²) in [5.74, 6) is 0. The zero-order chi connectivity index (χ0) is 15.4. The zero-order valence-corrected chi connectivity index (χ0v) is 13.8. The monoisotopic (exact) mass is 343 g/mol. The summed E-state index contributed by atoms with van der Waals surface area (Å²) in [7, 11) is 0. The lowest BCUT2D eigenvalue weighted by Crippen LogP contribution is -2.30. The van der Waals surface area contributed by atoms with Crippen LogP contribution in [0.2, 0.25) is 0 Å². The minimum Gasteiger partial charge on any atom is -0.399 e. The van der Waals surface area contributed by atoms with E-state index in [1.807, 2.05) is 42.5 Å². The number of nitriles is 1. The van der Waals surface area contributed by atoms with Crippen molar-refractivity contribution in [2.75, 3.05) is 10.6 Å². The number of nitrogens with zero attached hydrogens (tertiary/aromatic N) is 2. The van der Waals surface area contributed by atoms with Gasteiger partial charge in [0.25, 0.3) is 0 Å². The number of rotatable bonds is 4. The van der Waals surface area contributed by atoms with Gasteiger partial charge in [-0.15, -0.1) is 0 Å². The Morgan fingerprint density at radius 1 is 1.19 bits per heavy atom. The predicted molar refractivity (Wildman–Crippen MR) is 91.0 cm³/mol. The molecular weight excluding hydrogens is 326 g/mol. The van der Waals surface area contributed by atoms with E-state index in [0.29, 0.717) is 5.56 Å². The first-order chi connectivity index (χ1) is 10.0. The summed E-state index contributed by atoms with van der Waals surface area (Å²) < 4.78 is 0.916. The summed E-state index contributed by atoms with van der Waals surface area (Å²) in [6, 6.07) is 16.2. The number of nitrogens with two attached hydrogens (primary N) is 1. The number of benzene rings is 2. The fraction of sp³-hybridized carbons (Fsp3) is 0.235. The van der Waals surface area contributed by atoms with E-state index < -0.39 is 0 Å². The fourth-order valence-electron chi connectivity index (χ4n) is 2.21. The van der Waals surface area contributed by atoms with Gasteiger partial charge in [-0.2, -0.15) is 5.26 Å². The average molecular weight is 344 g/mol. The molecule has 2 aromatic carbocycles. The average Bonchev–Trinajstić information content (AvgIpc) is 2.46. The van der Waals surface area contributed by atoms with E-state index in [1.165, 1.54) is 5.56 Å². The minimum atomic E-state index is 0.288. The van der Waals surface area contributed by atoms with Gasteiger partial charge >= 0.3 is 0 Å². The maximum absolute atomic E-state index is 9.36. The van der Waals surface area contributed by atoms with Crippen LogP contribution in [0.1, 0.15) is 25.0 Å². The van der Waals surface area contributed by atoms with Gasteiger partial charge in [-0.25, -0.2) is 0 Å². The van der Waals surface area contributed by atoms with E-state index in [1.54, 1.807) is 0 Å². The molecule has 2 aromatic rings.